The van der Waals surface area contributed by atoms with Crippen molar-refractivity contribution < 1.29 is 4.79 Å². The first-order valence-corrected chi connectivity index (χ1v) is 4.97. The van der Waals surface area contributed by atoms with Crippen molar-refractivity contribution in [3.8, 4) is 0 Å². The Kier molecular flexibility index (Phi) is 2.08. The van der Waals surface area contributed by atoms with Crippen LogP contribution in [0, 0.1) is 5.92 Å². The maximum Gasteiger partial charge on any atom is 0.270 e. The van der Waals surface area contributed by atoms with Crippen molar-refractivity contribution >= 4 is 17.2 Å². The summed E-state index contributed by atoms with van der Waals surface area (Å²) in [6, 6.07) is 0. The molecule has 1 fully saturated rings. The molecule has 1 aliphatic rings. The molecule has 0 aliphatic heterocycles. The Labute approximate surface area is 74.8 Å². The van der Waals surface area contributed by atoms with Crippen LogP contribution in [0.5, 0.6) is 0 Å². The number of thiazole rings is 1. The summed E-state index contributed by atoms with van der Waals surface area (Å²) in [6.45, 7) is 0.816. The fourth-order valence-corrected chi connectivity index (χ4v) is 1.51. The van der Waals surface area contributed by atoms with Gasteiger partial charge < -0.3 is 5.32 Å². The zero-order chi connectivity index (χ0) is 8.39. The highest BCUT2D eigenvalue weighted by molar-refractivity contribution is 7.07. The average Bonchev–Trinajstić information content (AvgIpc) is 2.74. The van der Waals surface area contributed by atoms with Gasteiger partial charge in [-0.05, 0) is 18.8 Å². The van der Waals surface area contributed by atoms with Gasteiger partial charge in [0.25, 0.3) is 5.91 Å². The van der Waals surface area contributed by atoms with Gasteiger partial charge in [-0.2, -0.15) is 0 Å². The molecule has 0 atom stereocenters. The van der Waals surface area contributed by atoms with E-state index >= 15 is 0 Å². The smallest absolute Gasteiger partial charge is 0.270 e. The van der Waals surface area contributed by atoms with Crippen LogP contribution in [0.1, 0.15) is 23.3 Å². The zero-order valence-corrected chi connectivity index (χ0v) is 7.43. The number of carbonyl (C=O) groups excluding carboxylic acids is 1. The topological polar surface area (TPSA) is 42.0 Å². The van der Waals surface area contributed by atoms with Gasteiger partial charge in [0.2, 0.25) is 0 Å². The molecule has 1 heterocycles. The lowest BCUT2D eigenvalue weighted by atomic mass is 10.4. The van der Waals surface area contributed by atoms with Crippen LogP contribution in [-0.2, 0) is 0 Å². The lowest BCUT2D eigenvalue weighted by Gasteiger charge is -1.99. The normalized spacial score (nSPS) is 16.0. The van der Waals surface area contributed by atoms with E-state index in [1.807, 2.05) is 0 Å². The molecule has 1 aliphatic carbocycles. The number of hydrogen-bond donors (Lipinski definition) is 1. The first-order chi connectivity index (χ1) is 5.86. The highest BCUT2D eigenvalue weighted by Crippen LogP contribution is 2.27. The van der Waals surface area contributed by atoms with Crippen molar-refractivity contribution in [3.05, 3.63) is 16.6 Å². The Hall–Kier alpha value is -0.900. The van der Waals surface area contributed by atoms with Crippen LogP contribution < -0.4 is 5.32 Å². The molecule has 12 heavy (non-hydrogen) atoms. The lowest BCUT2D eigenvalue weighted by molar-refractivity contribution is 0.0947. The minimum absolute atomic E-state index is 0.0387. The summed E-state index contributed by atoms with van der Waals surface area (Å²) < 4.78 is 0. The molecule has 1 N–H and O–H groups in total. The van der Waals surface area contributed by atoms with Gasteiger partial charge in [-0.25, -0.2) is 4.98 Å². The van der Waals surface area contributed by atoms with Gasteiger partial charge in [-0.3, -0.25) is 4.79 Å². The third-order valence-corrected chi connectivity index (χ3v) is 2.50. The van der Waals surface area contributed by atoms with Gasteiger partial charge in [-0.15, -0.1) is 11.3 Å². The second kappa shape index (κ2) is 3.23. The van der Waals surface area contributed by atoms with Crippen LogP contribution in [0.25, 0.3) is 0 Å². The molecule has 64 valence electrons. The minimum Gasteiger partial charge on any atom is -0.350 e. The van der Waals surface area contributed by atoms with Crippen LogP contribution in [0.4, 0.5) is 0 Å². The molecular formula is C8H10N2OS. The summed E-state index contributed by atoms with van der Waals surface area (Å²) in [5.41, 5.74) is 2.21. The number of rotatable bonds is 3. The van der Waals surface area contributed by atoms with Gasteiger partial charge in [0.15, 0.2) is 0 Å². The molecule has 0 bridgehead atoms. The van der Waals surface area contributed by atoms with Crippen LogP contribution >= 0.6 is 11.3 Å². The molecule has 1 saturated carbocycles. The van der Waals surface area contributed by atoms with Gasteiger partial charge in [0.1, 0.15) is 5.69 Å². The van der Waals surface area contributed by atoms with E-state index in [0.717, 1.165) is 12.5 Å². The maximum absolute atomic E-state index is 11.3. The van der Waals surface area contributed by atoms with E-state index in [1.54, 1.807) is 10.9 Å². The van der Waals surface area contributed by atoms with Gasteiger partial charge in [-0.1, -0.05) is 0 Å². The van der Waals surface area contributed by atoms with E-state index < -0.39 is 0 Å². The van der Waals surface area contributed by atoms with Gasteiger partial charge >= 0.3 is 0 Å². The summed E-state index contributed by atoms with van der Waals surface area (Å²) in [6.07, 6.45) is 2.52. The molecule has 2 rings (SSSR count). The highest BCUT2D eigenvalue weighted by atomic mass is 32.1. The maximum atomic E-state index is 11.3. The van der Waals surface area contributed by atoms with E-state index in [0.29, 0.717) is 5.69 Å². The second-order valence-electron chi connectivity index (χ2n) is 3.03. The van der Waals surface area contributed by atoms with E-state index in [1.165, 1.54) is 24.2 Å². The molecule has 1 aromatic heterocycles. The van der Waals surface area contributed by atoms with Crippen molar-refractivity contribution in [1.82, 2.24) is 10.3 Å². The predicted octanol–water partition coefficient (Wildman–Crippen LogP) is 1.28. The number of nitrogens with one attached hydrogen (secondary N) is 1. The molecule has 0 unspecified atom stereocenters. The fraction of sp³-hybridized carbons (Fsp3) is 0.500. The summed E-state index contributed by atoms with van der Waals surface area (Å²) >= 11 is 1.45. The number of aromatic nitrogens is 1. The van der Waals surface area contributed by atoms with E-state index in [4.69, 9.17) is 0 Å². The highest BCUT2D eigenvalue weighted by Gasteiger charge is 2.22. The van der Waals surface area contributed by atoms with Crippen LogP contribution in [0.3, 0.4) is 0 Å². The van der Waals surface area contributed by atoms with E-state index in [-0.39, 0.29) is 5.91 Å². The Bertz CT molecular complexity index is 267. The van der Waals surface area contributed by atoms with Crippen molar-refractivity contribution in [1.29, 1.82) is 0 Å². The van der Waals surface area contributed by atoms with Crippen molar-refractivity contribution in [2.24, 2.45) is 5.92 Å². The number of nitrogens with zero attached hydrogens (tertiary/aromatic N) is 1. The molecule has 1 aromatic rings. The Morgan fingerprint density at radius 2 is 2.58 bits per heavy atom. The zero-order valence-electron chi connectivity index (χ0n) is 6.62. The van der Waals surface area contributed by atoms with Crippen molar-refractivity contribution in [3.63, 3.8) is 0 Å². The van der Waals surface area contributed by atoms with Crippen LogP contribution in [0.15, 0.2) is 10.9 Å². The summed E-state index contributed by atoms with van der Waals surface area (Å²) in [5, 5.41) is 4.62. The van der Waals surface area contributed by atoms with Crippen molar-refractivity contribution in [2.45, 2.75) is 12.8 Å². The third-order valence-electron chi connectivity index (χ3n) is 1.91. The monoisotopic (exact) mass is 182 g/mol. The number of hydrogen-bond acceptors (Lipinski definition) is 3. The second-order valence-corrected chi connectivity index (χ2v) is 3.75. The first kappa shape index (κ1) is 7.73. The van der Waals surface area contributed by atoms with Crippen LogP contribution in [0.2, 0.25) is 0 Å². The molecule has 0 saturated heterocycles. The molecular weight excluding hydrogens is 172 g/mol. The van der Waals surface area contributed by atoms with Gasteiger partial charge in [0.05, 0.1) is 5.51 Å². The Morgan fingerprint density at radius 1 is 1.75 bits per heavy atom. The molecule has 0 radical (unpaired) electrons. The third kappa shape index (κ3) is 1.82. The van der Waals surface area contributed by atoms with E-state index in [9.17, 15) is 4.79 Å². The quantitative estimate of drug-likeness (QED) is 0.765. The fourth-order valence-electron chi connectivity index (χ4n) is 0.974. The summed E-state index contributed by atoms with van der Waals surface area (Å²) in [4.78, 5) is 15.2. The largest absolute Gasteiger partial charge is 0.350 e. The van der Waals surface area contributed by atoms with Crippen LogP contribution in [-0.4, -0.2) is 17.4 Å². The summed E-state index contributed by atoms with van der Waals surface area (Å²) in [5.74, 6) is 0.690. The molecule has 0 aromatic carbocycles. The first-order valence-electron chi connectivity index (χ1n) is 4.02. The number of amides is 1. The SMILES string of the molecule is O=C(NCC1CC1)c1cscn1. The molecule has 3 nitrogen and oxygen atoms in total. The number of carbonyl (C=O) groups is 1. The predicted molar refractivity (Wildman–Crippen MR) is 47.2 cm³/mol. The summed E-state index contributed by atoms with van der Waals surface area (Å²) in [7, 11) is 0. The lowest BCUT2D eigenvalue weighted by Crippen LogP contribution is -2.25. The van der Waals surface area contributed by atoms with E-state index in [2.05, 4.69) is 10.3 Å². The molecule has 0 spiro atoms. The minimum atomic E-state index is -0.0387. The standard InChI is InChI=1S/C8H10N2OS/c11-8(7-4-12-5-10-7)9-3-6-1-2-6/h4-6H,1-3H2,(H,9,11). The Balaban J connectivity index is 1.83. The average molecular weight is 182 g/mol. The van der Waals surface area contributed by atoms with Gasteiger partial charge in [0, 0.05) is 11.9 Å². The molecule has 1 amide bonds. The van der Waals surface area contributed by atoms with Crippen molar-refractivity contribution in [2.75, 3.05) is 6.54 Å². The molecule has 4 heteroatoms. The Morgan fingerprint density at radius 3 is 3.17 bits per heavy atom.